The normalized spacial score (nSPS) is 12.1. The first kappa shape index (κ1) is 29.7. The molecule has 4 nitrogen and oxygen atoms in total. The third-order valence-electron chi connectivity index (χ3n) is 5.43. The van der Waals surface area contributed by atoms with Gasteiger partial charge in [-0.15, -0.1) is 0 Å². The molecule has 0 saturated carbocycles. The van der Waals surface area contributed by atoms with Crippen LogP contribution in [0.15, 0.2) is 11.1 Å². The van der Waals surface area contributed by atoms with Crippen LogP contribution in [0.5, 0.6) is 0 Å². The van der Waals surface area contributed by atoms with Crippen LogP contribution in [-0.2, 0) is 19.1 Å². The van der Waals surface area contributed by atoms with Crippen LogP contribution in [0, 0.1) is 5.92 Å². The molecule has 0 aromatic carbocycles. The lowest BCUT2D eigenvalue weighted by molar-refractivity contribution is -0.142. The van der Waals surface area contributed by atoms with Crippen LogP contribution in [0.1, 0.15) is 131 Å². The Kier molecular flexibility index (Phi) is 19.7. The minimum absolute atomic E-state index is 0.273. The van der Waals surface area contributed by atoms with E-state index < -0.39 is 0 Å². The summed E-state index contributed by atoms with van der Waals surface area (Å²) in [6.07, 6.45) is 15.7. The van der Waals surface area contributed by atoms with Gasteiger partial charge in [0.05, 0.1) is 13.2 Å². The number of hydrogen-bond acceptors (Lipinski definition) is 4. The molecule has 0 amide bonds. The maximum atomic E-state index is 12.8. The van der Waals surface area contributed by atoms with E-state index in [1.807, 2.05) is 6.92 Å². The Hall–Kier alpha value is -1.32. The Balaban J connectivity index is 4.79. The van der Waals surface area contributed by atoms with E-state index in [9.17, 15) is 9.59 Å². The second-order valence-corrected chi connectivity index (χ2v) is 9.11. The van der Waals surface area contributed by atoms with Crippen LogP contribution in [0.4, 0.5) is 0 Å². The number of carbonyl (C=O) groups is 2. The van der Waals surface area contributed by atoms with Gasteiger partial charge >= 0.3 is 11.9 Å². The van der Waals surface area contributed by atoms with Gasteiger partial charge in [-0.1, -0.05) is 105 Å². The van der Waals surface area contributed by atoms with Crippen molar-refractivity contribution in [3.05, 3.63) is 11.1 Å². The number of hydrogen-bond donors (Lipinski definition) is 0. The second kappa shape index (κ2) is 20.6. The molecule has 0 bridgehead atoms. The molecular weight excluding hydrogens is 388 g/mol. The SMILES string of the molecule is CCCCCCCCOC(=O)C(CCC)=C(CC(C)C)C(=O)OCCCCCCCC. The summed E-state index contributed by atoms with van der Waals surface area (Å²) >= 11 is 0. The molecule has 0 atom stereocenters. The van der Waals surface area contributed by atoms with E-state index in [-0.39, 0.29) is 17.9 Å². The van der Waals surface area contributed by atoms with Crippen molar-refractivity contribution in [2.24, 2.45) is 5.92 Å². The molecule has 0 unspecified atom stereocenters. The Morgan fingerprint density at radius 1 is 0.581 bits per heavy atom. The molecule has 0 heterocycles. The number of rotatable bonds is 20. The van der Waals surface area contributed by atoms with E-state index in [0.29, 0.717) is 37.2 Å². The van der Waals surface area contributed by atoms with E-state index in [4.69, 9.17) is 9.47 Å². The average Bonchev–Trinajstić information content (AvgIpc) is 2.74. The fraction of sp³-hybridized carbons (Fsp3) is 0.852. The lowest BCUT2D eigenvalue weighted by Gasteiger charge is -2.16. The first-order valence-electron chi connectivity index (χ1n) is 13.0. The highest BCUT2D eigenvalue weighted by Crippen LogP contribution is 2.22. The van der Waals surface area contributed by atoms with Crippen molar-refractivity contribution in [1.82, 2.24) is 0 Å². The van der Waals surface area contributed by atoms with E-state index in [0.717, 1.165) is 32.1 Å². The zero-order valence-electron chi connectivity index (χ0n) is 21.2. The van der Waals surface area contributed by atoms with Crippen LogP contribution >= 0.6 is 0 Å². The summed E-state index contributed by atoms with van der Waals surface area (Å²) in [5.41, 5.74) is 1.05. The van der Waals surface area contributed by atoms with Gasteiger partial charge in [-0.3, -0.25) is 0 Å². The molecule has 4 heteroatoms. The van der Waals surface area contributed by atoms with Crippen molar-refractivity contribution in [1.29, 1.82) is 0 Å². The van der Waals surface area contributed by atoms with Crippen LogP contribution in [0.2, 0.25) is 0 Å². The van der Waals surface area contributed by atoms with Crippen molar-refractivity contribution in [3.8, 4) is 0 Å². The summed E-state index contributed by atoms with van der Waals surface area (Å²) in [5.74, 6) is -0.389. The van der Waals surface area contributed by atoms with E-state index in [1.54, 1.807) is 0 Å². The molecule has 0 saturated heterocycles. The summed E-state index contributed by atoms with van der Waals surface area (Å²) in [6, 6.07) is 0. The summed E-state index contributed by atoms with van der Waals surface area (Å²) in [4.78, 5) is 25.6. The fourth-order valence-corrected chi connectivity index (χ4v) is 3.63. The second-order valence-electron chi connectivity index (χ2n) is 9.11. The molecule has 0 fully saturated rings. The highest BCUT2D eigenvalue weighted by molar-refractivity contribution is 6.00. The maximum Gasteiger partial charge on any atom is 0.334 e. The molecule has 0 N–H and O–H groups in total. The summed E-state index contributed by atoms with van der Waals surface area (Å²) in [6.45, 7) is 11.4. The van der Waals surface area contributed by atoms with Crippen LogP contribution in [0.3, 0.4) is 0 Å². The standard InChI is InChI=1S/C27H50O4/c1-6-9-11-13-15-17-20-30-26(28)24(19-8-3)25(22-23(4)5)27(29)31-21-18-16-14-12-10-7-2/h23H,6-22H2,1-5H3. The minimum atomic E-state index is -0.331. The summed E-state index contributed by atoms with van der Waals surface area (Å²) in [5, 5.41) is 0. The van der Waals surface area contributed by atoms with Gasteiger partial charge in [0.25, 0.3) is 0 Å². The van der Waals surface area contributed by atoms with Crippen molar-refractivity contribution in [2.45, 2.75) is 131 Å². The zero-order valence-corrected chi connectivity index (χ0v) is 21.2. The van der Waals surface area contributed by atoms with Gasteiger partial charge < -0.3 is 9.47 Å². The third-order valence-corrected chi connectivity index (χ3v) is 5.43. The smallest absolute Gasteiger partial charge is 0.334 e. The molecule has 0 aromatic heterocycles. The Morgan fingerprint density at radius 2 is 1.00 bits per heavy atom. The minimum Gasteiger partial charge on any atom is -0.462 e. The topological polar surface area (TPSA) is 52.6 Å². The number of ether oxygens (including phenoxy) is 2. The van der Waals surface area contributed by atoms with Crippen molar-refractivity contribution in [2.75, 3.05) is 13.2 Å². The lowest BCUT2D eigenvalue weighted by atomic mass is 9.95. The van der Waals surface area contributed by atoms with Gasteiger partial charge in [0.1, 0.15) is 0 Å². The number of carbonyl (C=O) groups excluding carboxylic acids is 2. The van der Waals surface area contributed by atoms with E-state index in [2.05, 4.69) is 27.7 Å². The van der Waals surface area contributed by atoms with Crippen molar-refractivity contribution in [3.63, 3.8) is 0 Å². The molecule has 0 aliphatic heterocycles. The predicted molar refractivity (Wildman–Crippen MR) is 130 cm³/mol. The molecule has 0 aromatic rings. The monoisotopic (exact) mass is 438 g/mol. The van der Waals surface area contributed by atoms with Gasteiger partial charge in [0.2, 0.25) is 0 Å². The first-order chi connectivity index (χ1) is 15.0. The van der Waals surface area contributed by atoms with Crippen molar-refractivity contribution < 1.29 is 19.1 Å². The quantitative estimate of drug-likeness (QED) is 0.110. The molecule has 0 spiro atoms. The summed E-state index contributed by atoms with van der Waals surface area (Å²) in [7, 11) is 0. The Bertz CT molecular complexity index is 493. The largest absolute Gasteiger partial charge is 0.462 e. The van der Waals surface area contributed by atoms with Gasteiger partial charge in [-0.2, -0.15) is 0 Å². The predicted octanol–water partition coefficient (Wildman–Crippen LogP) is 7.94. The average molecular weight is 439 g/mol. The number of unbranched alkanes of at least 4 members (excludes halogenated alkanes) is 10. The summed E-state index contributed by atoms with van der Waals surface area (Å²) < 4.78 is 11.1. The van der Waals surface area contributed by atoms with Crippen LogP contribution < -0.4 is 0 Å². The molecule has 0 rings (SSSR count). The molecule has 0 radical (unpaired) electrons. The lowest BCUT2D eigenvalue weighted by Crippen LogP contribution is -2.19. The van der Waals surface area contributed by atoms with E-state index in [1.165, 1.54) is 51.4 Å². The Labute approximate surface area is 192 Å². The van der Waals surface area contributed by atoms with E-state index >= 15 is 0 Å². The molecule has 0 aliphatic rings. The fourth-order valence-electron chi connectivity index (χ4n) is 3.63. The first-order valence-corrected chi connectivity index (χ1v) is 13.0. The highest BCUT2D eigenvalue weighted by atomic mass is 16.5. The van der Waals surface area contributed by atoms with Crippen LogP contribution in [-0.4, -0.2) is 25.2 Å². The maximum absolute atomic E-state index is 12.8. The zero-order chi connectivity index (χ0) is 23.3. The van der Waals surface area contributed by atoms with Gasteiger partial charge in [-0.25, -0.2) is 9.59 Å². The van der Waals surface area contributed by atoms with Crippen LogP contribution in [0.25, 0.3) is 0 Å². The van der Waals surface area contributed by atoms with Gasteiger partial charge in [-0.05, 0) is 31.6 Å². The number of esters is 2. The third kappa shape index (κ3) is 16.0. The van der Waals surface area contributed by atoms with Gasteiger partial charge in [0, 0.05) is 11.1 Å². The highest BCUT2D eigenvalue weighted by Gasteiger charge is 2.23. The molecule has 0 aliphatic carbocycles. The molecule has 182 valence electrons. The Morgan fingerprint density at radius 3 is 1.42 bits per heavy atom. The van der Waals surface area contributed by atoms with Crippen molar-refractivity contribution >= 4 is 11.9 Å². The van der Waals surface area contributed by atoms with Gasteiger partial charge in [0.15, 0.2) is 0 Å². The molecular formula is C27H50O4. The molecule has 31 heavy (non-hydrogen) atoms.